The van der Waals surface area contributed by atoms with E-state index in [-0.39, 0.29) is 0 Å². The molecule has 3 aromatic heterocycles. The Morgan fingerprint density at radius 2 is 2.04 bits per heavy atom. The van der Waals surface area contributed by atoms with Gasteiger partial charge in [0.2, 0.25) is 0 Å². The van der Waals surface area contributed by atoms with E-state index in [9.17, 15) is 4.79 Å². The van der Waals surface area contributed by atoms with Gasteiger partial charge in [0.05, 0.1) is 17.5 Å². The van der Waals surface area contributed by atoms with Gasteiger partial charge in [0.1, 0.15) is 12.1 Å². The van der Waals surface area contributed by atoms with Crippen LogP contribution in [0.2, 0.25) is 0 Å². The molecular weight excluding hydrogens is 338 g/mol. The van der Waals surface area contributed by atoms with Crippen LogP contribution < -0.4 is 5.73 Å². The molecule has 0 unspecified atom stereocenters. The van der Waals surface area contributed by atoms with E-state index in [1.807, 2.05) is 31.3 Å². The third-order valence-electron chi connectivity index (χ3n) is 4.18. The maximum Gasteiger partial charge on any atom is 0.171 e. The molecule has 0 aliphatic heterocycles. The fraction of sp³-hybridized carbons (Fsp3) is 0.0476. The molecule has 0 atom stereocenters. The minimum atomic E-state index is 0.427. The first-order chi connectivity index (χ1) is 13.1. The van der Waals surface area contributed by atoms with Crippen LogP contribution in [0.25, 0.3) is 16.9 Å². The number of aldehydes is 1. The molecule has 27 heavy (non-hydrogen) atoms. The lowest BCUT2D eigenvalue weighted by Crippen LogP contribution is -1.94. The van der Waals surface area contributed by atoms with Gasteiger partial charge in [-0.15, -0.1) is 0 Å². The summed E-state index contributed by atoms with van der Waals surface area (Å²) in [4.78, 5) is 19.7. The van der Waals surface area contributed by atoms with E-state index in [2.05, 4.69) is 21.9 Å². The summed E-state index contributed by atoms with van der Waals surface area (Å²) < 4.78 is 1.68. The molecule has 0 saturated carbocycles. The standard InChI is InChI=1S/C21H15N5O/c1-14-10-16(4-5-18(14)13-27)19-7-9-26-21(25-19)17(12-24-26)3-2-15-6-8-23-20(22)11-15/h4-13H,1H3,(H2,22,23). The predicted octanol–water partition coefficient (Wildman–Crippen LogP) is 2.89. The minimum absolute atomic E-state index is 0.427. The number of benzene rings is 1. The second kappa shape index (κ2) is 6.73. The highest BCUT2D eigenvalue weighted by Gasteiger charge is 2.08. The average molecular weight is 353 g/mol. The largest absolute Gasteiger partial charge is 0.384 e. The average Bonchev–Trinajstić information content (AvgIpc) is 3.08. The van der Waals surface area contributed by atoms with Crippen molar-refractivity contribution in [3.05, 3.63) is 77.2 Å². The highest BCUT2D eigenvalue weighted by molar-refractivity contribution is 5.79. The normalized spacial score (nSPS) is 10.4. The zero-order valence-electron chi connectivity index (χ0n) is 14.5. The molecule has 4 aromatic rings. The Morgan fingerprint density at radius 3 is 2.81 bits per heavy atom. The fourth-order valence-corrected chi connectivity index (χ4v) is 2.75. The quantitative estimate of drug-likeness (QED) is 0.442. The van der Waals surface area contributed by atoms with Gasteiger partial charge in [-0.1, -0.05) is 24.0 Å². The van der Waals surface area contributed by atoms with Crippen LogP contribution in [0.3, 0.4) is 0 Å². The van der Waals surface area contributed by atoms with Crippen molar-refractivity contribution in [1.82, 2.24) is 19.6 Å². The molecule has 1 aromatic carbocycles. The summed E-state index contributed by atoms with van der Waals surface area (Å²) in [5.41, 5.74) is 11.2. The zero-order valence-corrected chi connectivity index (χ0v) is 14.5. The number of carbonyl (C=O) groups excluding carboxylic acids is 1. The Balaban J connectivity index is 1.76. The fourth-order valence-electron chi connectivity index (χ4n) is 2.75. The van der Waals surface area contributed by atoms with Crippen molar-refractivity contribution in [2.45, 2.75) is 6.92 Å². The van der Waals surface area contributed by atoms with Crippen molar-refractivity contribution in [3.63, 3.8) is 0 Å². The van der Waals surface area contributed by atoms with Gasteiger partial charge in [-0.05, 0) is 36.8 Å². The van der Waals surface area contributed by atoms with Gasteiger partial charge in [-0.3, -0.25) is 4.79 Å². The van der Waals surface area contributed by atoms with Gasteiger partial charge in [0, 0.05) is 29.1 Å². The number of nitrogens with two attached hydrogens (primary N) is 1. The molecule has 0 spiro atoms. The first-order valence-corrected chi connectivity index (χ1v) is 8.28. The molecular formula is C21H15N5O. The Hall–Kier alpha value is -3.98. The maximum absolute atomic E-state index is 11.0. The van der Waals surface area contributed by atoms with Crippen molar-refractivity contribution >= 4 is 17.8 Å². The molecule has 0 saturated heterocycles. The van der Waals surface area contributed by atoms with Gasteiger partial charge in [0.15, 0.2) is 5.65 Å². The summed E-state index contributed by atoms with van der Waals surface area (Å²) in [6.45, 7) is 1.90. The number of anilines is 1. The number of hydrogen-bond acceptors (Lipinski definition) is 5. The lowest BCUT2D eigenvalue weighted by molar-refractivity contribution is 0.112. The second-order valence-corrected chi connectivity index (χ2v) is 6.05. The van der Waals surface area contributed by atoms with E-state index in [1.54, 1.807) is 35.1 Å². The molecule has 0 bridgehead atoms. The van der Waals surface area contributed by atoms with Gasteiger partial charge in [-0.25, -0.2) is 14.5 Å². The van der Waals surface area contributed by atoms with E-state index in [0.717, 1.165) is 28.7 Å². The molecule has 0 aliphatic carbocycles. The SMILES string of the molecule is Cc1cc(-c2ccn3ncc(C#Cc4ccnc(N)c4)c3n2)ccc1C=O. The van der Waals surface area contributed by atoms with Crippen LogP contribution in [0.4, 0.5) is 5.82 Å². The van der Waals surface area contributed by atoms with Crippen LogP contribution >= 0.6 is 0 Å². The maximum atomic E-state index is 11.0. The van der Waals surface area contributed by atoms with Gasteiger partial charge >= 0.3 is 0 Å². The van der Waals surface area contributed by atoms with E-state index in [4.69, 9.17) is 10.7 Å². The van der Waals surface area contributed by atoms with Crippen molar-refractivity contribution in [1.29, 1.82) is 0 Å². The Morgan fingerprint density at radius 1 is 1.15 bits per heavy atom. The monoisotopic (exact) mass is 353 g/mol. The summed E-state index contributed by atoms with van der Waals surface area (Å²) in [6, 6.07) is 11.0. The van der Waals surface area contributed by atoms with Crippen LogP contribution in [-0.4, -0.2) is 25.9 Å². The predicted molar refractivity (Wildman–Crippen MR) is 103 cm³/mol. The molecule has 0 fully saturated rings. The summed E-state index contributed by atoms with van der Waals surface area (Å²) in [5.74, 6) is 6.58. The first kappa shape index (κ1) is 16.5. The van der Waals surface area contributed by atoms with E-state index in [1.165, 1.54) is 0 Å². The van der Waals surface area contributed by atoms with Crippen molar-refractivity contribution in [2.75, 3.05) is 5.73 Å². The summed E-state index contributed by atoms with van der Waals surface area (Å²) in [5, 5.41) is 4.30. The van der Waals surface area contributed by atoms with Crippen molar-refractivity contribution in [2.24, 2.45) is 0 Å². The van der Waals surface area contributed by atoms with Crippen LogP contribution in [0.5, 0.6) is 0 Å². The number of pyridine rings is 1. The third-order valence-corrected chi connectivity index (χ3v) is 4.18. The van der Waals surface area contributed by atoms with Crippen LogP contribution in [-0.2, 0) is 0 Å². The molecule has 2 N–H and O–H groups in total. The van der Waals surface area contributed by atoms with Gasteiger partial charge in [-0.2, -0.15) is 5.10 Å². The zero-order chi connectivity index (χ0) is 18.8. The second-order valence-electron chi connectivity index (χ2n) is 6.05. The molecule has 6 heteroatoms. The lowest BCUT2D eigenvalue weighted by Gasteiger charge is -2.05. The van der Waals surface area contributed by atoms with Crippen LogP contribution in [0, 0.1) is 18.8 Å². The highest BCUT2D eigenvalue weighted by atomic mass is 16.1. The molecule has 130 valence electrons. The number of aromatic nitrogens is 4. The molecule has 6 nitrogen and oxygen atoms in total. The smallest absolute Gasteiger partial charge is 0.171 e. The Kier molecular flexibility index (Phi) is 4.11. The van der Waals surface area contributed by atoms with Gasteiger partial charge < -0.3 is 5.73 Å². The van der Waals surface area contributed by atoms with Crippen LogP contribution in [0.15, 0.2) is 55.0 Å². The van der Waals surface area contributed by atoms with E-state index >= 15 is 0 Å². The third kappa shape index (κ3) is 3.26. The topological polar surface area (TPSA) is 86.2 Å². The molecule has 0 radical (unpaired) electrons. The van der Waals surface area contributed by atoms with E-state index in [0.29, 0.717) is 22.6 Å². The molecule has 4 rings (SSSR count). The first-order valence-electron chi connectivity index (χ1n) is 8.28. The summed E-state index contributed by atoms with van der Waals surface area (Å²) >= 11 is 0. The number of aryl methyl sites for hydroxylation is 1. The molecule has 0 amide bonds. The summed E-state index contributed by atoms with van der Waals surface area (Å²) in [7, 11) is 0. The van der Waals surface area contributed by atoms with Gasteiger partial charge in [0.25, 0.3) is 0 Å². The highest BCUT2D eigenvalue weighted by Crippen LogP contribution is 2.21. The van der Waals surface area contributed by atoms with Crippen molar-refractivity contribution < 1.29 is 4.79 Å². The summed E-state index contributed by atoms with van der Waals surface area (Å²) in [6.07, 6.45) is 6.00. The number of rotatable bonds is 2. The molecule has 3 heterocycles. The molecule has 0 aliphatic rings. The lowest BCUT2D eigenvalue weighted by atomic mass is 10.0. The number of carbonyl (C=O) groups is 1. The Labute approximate surface area is 155 Å². The number of nitrogens with zero attached hydrogens (tertiary/aromatic N) is 4. The Bertz CT molecular complexity index is 1230. The van der Waals surface area contributed by atoms with Crippen molar-refractivity contribution in [3.8, 4) is 23.1 Å². The number of nitrogen functional groups attached to an aromatic ring is 1. The van der Waals surface area contributed by atoms with Crippen LogP contribution in [0.1, 0.15) is 27.0 Å². The van der Waals surface area contributed by atoms with E-state index < -0.39 is 0 Å². The number of hydrogen-bond donors (Lipinski definition) is 1. The minimum Gasteiger partial charge on any atom is -0.384 e. The number of fused-ring (bicyclic) bond motifs is 1.